The first kappa shape index (κ1) is 26.5. The summed E-state index contributed by atoms with van der Waals surface area (Å²) in [6, 6.07) is -0.242. The summed E-state index contributed by atoms with van der Waals surface area (Å²) < 4.78 is 0.446. The second-order valence-electron chi connectivity index (χ2n) is 9.37. The zero-order chi connectivity index (χ0) is 23.8. The van der Waals surface area contributed by atoms with Gasteiger partial charge in [-0.1, -0.05) is 44.9 Å². The number of carboxylic acids is 1. The van der Waals surface area contributed by atoms with Crippen LogP contribution in [0.25, 0.3) is 0 Å². The lowest BCUT2D eigenvalue weighted by atomic mass is 9.82. The lowest BCUT2D eigenvalue weighted by molar-refractivity contribution is -0.138. The molecule has 3 rings (SSSR count). The summed E-state index contributed by atoms with van der Waals surface area (Å²) >= 11 is 6.05. The van der Waals surface area contributed by atoms with Crippen molar-refractivity contribution in [3.05, 3.63) is 0 Å². The quantitative estimate of drug-likeness (QED) is 0.204. The Bertz CT molecular complexity index is 730. The molecule has 3 aliphatic rings. The van der Waals surface area contributed by atoms with E-state index in [9.17, 15) is 19.5 Å². The van der Waals surface area contributed by atoms with Crippen LogP contribution in [0.15, 0.2) is 4.99 Å². The Morgan fingerprint density at radius 1 is 1.18 bits per heavy atom. The molecule has 0 aromatic rings. The van der Waals surface area contributed by atoms with E-state index in [2.05, 4.69) is 64.8 Å². The average Bonchev–Trinajstić information content (AvgIpc) is 2.77. The fourth-order valence-corrected chi connectivity index (χ4v) is 7.92. The molecule has 186 valence electrons. The van der Waals surface area contributed by atoms with Crippen LogP contribution in [0.3, 0.4) is 0 Å². The van der Waals surface area contributed by atoms with E-state index in [0.717, 1.165) is 64.0 Å². The third kappa shape index (κ3) is 8.88. The molecule has 5 N–H and O–H groups in total. The molecule has 0 saturated heterocycles. The number of aliphatic imine (C=N–C) groups is 1. The van der Waals surface area contributed by atoms with Crippen LogP contribution in [0.1, 0.15) is 57.8 Å². The topological polar surface area (TPSA) is 132 Å². The number of nitrogens with zero attached hydrogens (tertiary/aromatic N) is 1. The van der Waals surface area contributed by atoms with Crippen LogP contribution >= 0.6 is 38.5 Å². The van der Waals surface area contributed by atoms with Crippen molar-refractivity contribution in [3.8, 4) is 0 Å². The standard InChI is InChI=1S/C22H35BrIN5O4/c23-15-7-14(8-16(24)10-15)18(11-20(31)32)29-19(30)12-27-21(33)13-3-1-4-17(9-13)28-22-25-5-2-6-26-22/h13-18H,1-12H2,(H,27,33)(H,29,30)(H,31,32)(H2,25,26,28). The molecule has 0 spiro atoms. The van der Waals surface area contributed by atoms with Gasteiger partial charge in [0.05, 0.1) is 13.0 Å². The maximum absolute atomic E-state index is 12.7. The largest absolute Gasteiger partial charge is 0.481 e. The van der Waals surface area contributed by atoms with Crippen LogP contribution in [0.5, 0.6) is 0 Å². The number of amides is 2. The van der Waals surface area contributed by atoms with E-state index in [0.29, 0.717) is 15.2 Å². The third-order valence-corrected chi connectivity index (χ3v) is 8.41. The number of hydrogen-bond acceptors (Lipinski definition) is 6. The highest BCUT2D eigenvalue weighted by Gasteiger charge is 2.34. The number of guanidine groups is 1. The van der Waals surface area contributed by atoms with E-state index in [1.165, 1.54) is 0 Å². The highest BCUT2D eigenvalue weighted by molar-refractivity contribution is 14.1. The fraction of sp³-hybridized carbons (Fsp3) is 0.818. The van der Waals surface area contributed by atoms with E-state index < -0.39 is 12.0 Å². The number of rotatable bonds is 8. The van der Waals surface area contributed by atoms with Crippen LogP contribution < -0.4 is 21.3 Å². The van der Waals surface area contributed by atoms with Crippen molar-refractivity contribution in [2.45, 2.75) is 78.6 Å². The molecule has 0 radical (unpaired) electrons. The molecule has 6 atom stereocenters. The number of hydrogen-bond donors (Lipinski definition) is 5. The number of carbonyl (C=O) groups is 3. The van der Waals surface area contributed by atoms with Crippen LogP contribution in [0.2, 0.25) is 0 Å². The molecular weight excluding hydrogens is 605 g/mol. The molecule has 0 bridgehead atoms. The summed E-state index contributed by atoms with van der Waals surface area (Å²) in [4.78, 5) is 41.5. The second kappa shape index (κ2) is 13.1. The average molecular weight is 640 g/mol. The molecule has 33 heavy (non-hydrogen) atoms. The highest BCUT2D eigenvalue weighted by Crippen LogP contribution is 2.36. The number of nitrogens with one attached hydrogen (secondary N) is 4. The number of aliphatic carboxylic acids is 1. The minimum absolute atomic E-state index is 0.0993. The predicted octanol–water partition coefficient (Wildman–Crippen LogP) is 1.93. The van der Waals surface area contributed by atoms with Gasteiger partial charge in [-0.2, -0.15) is 0 Å². The minimum atomic E-state index is -0.927. The van der Waals surface area contributed by atoms with Gasteiger partial charge in [0.1, 0.15) is 0 Å². The van der Waals surface area contributed by atoms with Crippen LogP contribution in [-0.4, -0.2) is 69.3 Å². The van der Waals surface area contributed by atoms with Gasteiger partial charge < -0.3 is 26.4 Å². The normalized spacial score (nSPS) is 30.8. The van der Waals surface area contributed by atoms with E-state index in [4.69, 9.17) is 0 Å². The Labute approximate surface area is 217 Å². The monoisotopic (exact) mass is 639 g/mol. The van der Waals surface area contributed by atoms with Crippen molar-refractivity contribution in [1.82, 2.24) is 21.3 Å². The molecule has 6 unspecified atom stereocenters. The summed E-state index contributed by atoms with van der Waals surface area (Å²) in [5.74, 6) is -0.599. The van der Waals surface area contributed by atoms with Crippen molar-refractivity contribution >= 4 is 62.3 Å². The zero-order valence-corrected chi connectivity index (χ0v) is 22.6. The van der Waals surface area contributed by atoms with Crippen LogP contribution in [-0.2, 0) is 14.4 Å². The molecule has 1 heterocycles. The number of halogens is 2. The fourth-order valence-electron chi connectivity index (χ4n) is 5.03. The van der Waals surface area contributed by atoms with Crippen LogP contribution in [0, 0.1) is 11.8 Å². The van der Waals surface area contributed by atoms with Gasteiger partial charge in [-0.05, 0) is 50.9 Å². The summed E-state index contributed by atoms with van der Waals surface area (Å²) in [7, 11) is 0. The molecule has 2 saturated carbocycles. The molecule has 2 aliphatic carbocycles. The van der Waals surface area contributed by atoms with Gasteiger partial charge in [0.2, 0.25) is 11.8 Å². The summed E-state index contributed by atoms with van der Waals surface area (Å²) in [6.45, 7) is 1.60. The van der Waals surface area contributed by atoms with Gasteiger partial charge in [-0.15, -0.1) is 0 Å². The maximum Gasteiger partial charge on any atom is 0.305 e. The zero-order valence-electron chi connectivity index (χ0n) is 18.8. The molecule has 0 aromatic carbocycles. The van der Waals surface area contributed by atoms with E-state index in [-0.39, 0.29) is 42.7 Å². The summed E-state index contributed by atoms with van der Waals surface area (Å²) in [5.41, 5.74) is 0. The summed E-state index contributed by atoms with van der Waals surface area (Å²) in [5, 5.41) is 21.7. The molecule has 1 aliphatic heterocycles. The van der Waals surface area contributed by atoms with Crippen LogP contribution in [0.4, 0.5) is 0 Å². The van der Waals surface area contributed by atoms with Gasteiger partial charge >= 0.3 is 5.97 Å². The van der Waals surface area contributed by atoms with Crippen molar-refractivity contribution in [2.24, 2.45) is 16.8 Å². The lowest BCUT2D eigenvalue weighted by Crippen LogP contribution is -2.50. The molecular formula is C22H35BrIN5O4. The molecule has 0 aromatic heterocycles. The predicted molar refractivity (Wildman–Crippen MR) is 139 cm³/mol. The molecule has 2 fully saturated rings. The van der Waals surface area contributed by atoms with Crippen molar-refractivity contribution in [3.63, 3.8) is 0 Å². The Balaban J connectivity index is 1.46. The Kier molecular flexibility index (Phi) is 10.5. The number of alkyl halides is 2. The molecule has 11 heteroatoms. The van der Waals surface area contributed by atoms with Crippen molar-refractivity contribution in [2.75, 3.05) is 19.6 Å². The van der Waals surface area contributed by atoms with Gasteiger partial charge in [0.15, 0.2) is 5.96 Å². The lowest BCUT2D eigenvalue weighted by Gasteiger charge is -2.35. The third-order valence-electron chi connectivity index (χ3n) is 6.64. The first-order chi connectivity index (χ1) is 15.8. The number of carboxylic acid groups (broad SMARTS) is 1. The van der Waals surface area contributed by atoms with E-state index in [1.54, 1.807) is 0 Å². The van der Waals surface area contributed by atoms with Gasteiger partial charge in [0, 0.05) is 39.8 Å². The summed E-state index contributed by atoms with van der Waals surface area (Å²) in [6.07, 6.45) is 7.14. The van der Waals surface area contributed by atoms with Gasteiger partial charge in [0.25, 0.3) is 0 Å². The number of carbonyl (C=O) groups excluding carboxylic acids is 2. The Morgan fingerprint density at radius 2 is 2.00 bits per heavy atom. The smallest absolute Gasteiger partial charge is 0.305 e. The van der Waals surface area contributed by atoms with Crippen molar-refractivity contribution in [1.29, 1.82) is 0 Å². The maximum atomic E-state index is 12.7. The molecule has 9 nitrogen and oxygen atoms in total. The van der Waals surface area contributed by atoms with E-state index >= 15 is 0 Å². The SMILES string of the molecule is O=C(O)CC(NC(=O)CNC(=O)C1CCCC(NC2=NCCCN2)C1)C1CC(Br)CC(I)C1. The van der Waals surface area contributed by atoms with Crippen molar-refractivity contribution < 1.29 is 19.5 Å². The Hall–Kier alpha value is -1.11. The molecule has 2 amide bonds. The van der Waals surface area contributed by atoms with Gasteiger partial charge in [-0.3, -0.25) is 19.4 Å². The minimum Gasteiger partial charge on any atom is -0.481 e. The van der Waals surface area contributed by atoms with Gasteiger partial charge in [-0.25, -0.2) is 0 Å². The Morgan fingerprint density at radius 3 is 2.70 bits per heavy atom. The first-order valence-corrected chi connectivity index (χ1v) is 14.1. The second-order valence-corrected chi connectivity index (χ2v) is 12.4. The van der Waals surface area contributed by atoms with E-state index in [1.807, 2.05) is 0 Å². The first-order valence-electron chi connectivity index (χ1n) is 11.9. The highest BCUT2D eigenvalue weighted by atomic mass is 127.